The van der Waals surface area contributed by atoms with Crippen LogP contribution in [-0.4, -0.2) is 21.0 Å². The number of benzene rings is 1. The fourth-order valence-electron chi connectivity index (χ4n) is 1.10. The normalized spacial score (nSPS) is 11.6. The fraction of sp³-hybridized carbons (Fsp3) is 0.182. The molecule has 0 aliphatic carbocycles. The van der Waals surface area contributed by atoms with Crippen LogP contribution in [0.15, 0.2) is 35.2 Å². The summed E-state index contributed by atoms with van der Waals surface area (Å²) in [5.74, 6) is -0.443. The predicted octanol–water partition coefficient (Wildman–Crippen LogP) is 2.19. The molecule has 0 atom stereocenters. The molecule has 0 heterocycles. The Bertz CT molecular complexity index is 517. The molecule has 4 nitrogen and oxygen atoms in total. The van der Waals surface area contributed by atoms with Crippen molar-refractivity contribution in [2.24, 2.45) is 0 Å². The summed E-state index contributed by atoms with van der Waals surface area (Å²) in [7, 11) is 1.46. The maximum Gasteiger partial charge on any atom is 0.330 e. The Hall–Kier alpha value is -1.33. The molecule has 0 saturated heterocycles. The average Bonchev–Trinajstić information content (AvgIpc) is 2.26. The Morgan fingerprint density at radius 1 is 1.35 bits per heavy atom. The summed E-state index contributed by atoms with van der Waals surface area (Å²) in [5, 5.41) is 0. The van der Waals surface area contributed by atoms with Crippen molar-refractivity contribution in [2.75, 3.05) is 6.61 Å². The van der Waals surface area contributed by atoms with E-state index >= 15 is 0 Å². The predicted molar refractivity (Wildman–Crippen MR) is 65.1 cm³/mol. The quantitative estimate of drug-likeness (QED) is 0.480. The first-order valence-electron chi connectivity index (χ1n) is 4.83. The molecule has 0 bridgehead atoms. The molecule has 6 heteroatoms. The molecule has 17 heavy (non-hydrogen) atoms. The number of hydrogen-bond donors (Lipinski definition) is 0. The average molecular weight is 275 g/mol. The number of carbonyl (C=O) groups excluding carboxylic acids is 1. The van der Waals surface area contributed by atoms with Gasteiger partial charge in [0.05, 0.1) is 11.5 Å². The van der Waals surface area contributed by atoms with E-state index in [0.29, 0.717) is 12.2 Å². The van der Waals surface area contributed by atoms with Crippen LogP contribution in [0.5, 0.6) is 0 Å². The van der Waals surface area contributed by atoms with E-state index in [2.05, 4.69) is 0 Å². The third-order valence-electron chi connectivity index (χ3n) is 1.86. The van der Waals surface area contributed by atoms with Crippen LogP contribution >= 0.6 is 10.7 Å². The van der Waals surface area contributed by atoms with Crippen molar-refractivity contribution < 1.29 is 17.9 Å². The van der Waals surface area contributed by atoms with Crippen LogP contribution in [0.2, 0.25) is 0 Å². The highest BCUT2D eigenvalue weighted by atomic mass is 35.7. The lowest BCUT2D eigenvalue weighted by Crippen LogP contribution is -1.98. The van der Waals surface area contributed by atoms with Gasteiger partial charge in [0.25, 0.3) is 9.05 Å². The lowest BCUT2D eigenvalue weighted by molar-refractivity contribution is -0.137. The molecule has 1 rings (SSSR count). The van der Waals surface area contributed by atoms with E-state index in [1.54, 1.807) is 19.1 Å². The summed E-state index contributed by atoms with van der Waals surface area (Å²) in [6, 6.07) is 5.83. The SMILES string of the molecule is CCOC(=O)/C=C/c1ccc(S(=O)(=O)Cl)cc1. The third kappa shape index (κ3) is 4.58. The summed E-state index contributed by atoms with van der Waals surface area (Å²) in [4.78, 5) is 11.0. The largest absolute Gasteiger partial charge is 0.463 e. The maximum absolute atomic E-state index is 11.0. The standard InChI is InChI=1S/C11H11ClO4S/c1-2-16-11(13)8-5-9-3-6-10(7-4-9)17(12,14)15/h3-8H,2H2,1H3/b8-5+. The molecule has 0 radical (unpaired) electrons. The van der Waals surface area contributed by atoms with Crippen molar-refractivity contribution in [2.45, 2.75) is 11.8 Å². The Balaban J connectivity index is 2.79. The zero-order valence-corrected chi connectivity index (χ0v) is 10.7. The topological polar surface area (TPSA) is 60.4 Å². The fourth-order valence-corrected chi connectivity index (χ4v) is 1.87. The van der Waals surface area contributed by atoms with E-state index in [1.165, 1.54) is 24.3 Å². The van der Waals surface area contributed by atoms with Gasteiger partial charge in [-0.05, 0) is 30.7 Å². The van der Waals surface area contributed by atoms with Gasteiger partial charge < -0.3 is 4.74 Å². The second kappa shape index (κ2) is 5.84. The third-order valence-corrected chi connectivity index (χ3v) is 3.23. The first kappa shape index (κ1) is 13.7. The highest BCUT2D eigenvalue weighted by Crippen LogP contribution is 2.15. The van der Waals surface area contributed by atoms with E-state index in [4.69, 9.17) is 15.4 Å². The number of halogens is 1. The number of ether oxygens (including phenoxy) is 1. The Morgan fingerprint density at radius 3 is 2.41 bits per heavy atom. The molecule has 92 valence electrons. The van der Waals surface area contributed by atoms with Gasteiger partial charge in [0, 0.05) is 16.8 Å². The lowest BCUT2D eigenvalue weighted by Gasteiger charge is -1.97. The number of hydrogen-bond acceptors (Lipinski definition) is 4. The molecule has 0 aromatic heterocycles. The van der Waals surface area contributed by atoms with Crippen molar-refractivity contribution in [3.63, 3.8) is 0 Å². The monoisotopic (exact) mass is 274 g/mol. The molecule has 0 aliphatic heterocycles. The van der Waals surface area contributed by atoms with E-state index in [0.717, 1.165) is 0 Å². The number of rotatable bonds is 4. The van der Waals surface area contributed by atoms with Gasteiger partial charge in [-0.15, -0.1) is 0 Å². The second-order valence-electron chi connectivity index (χ2n) is 3.09. The van der Waals surface area contributed by atoms with Crippen molar-refractivity contribution in [1.29, 1.82) is 0 Å². The van der Waals surface area contributed by atoms with Crippen LogP contribution in [0.25, 0.3) is 6.08 Å². The molecule has 0 aliphatic rings. The van der Waals surface area contributed by atoms with E-state index in [-0.39, 0.29) is 4.90 Å². The minimum Gasteiger partial charge on any atom is -0.463 e. The van der Waals surface area contributed by atoms with E-state index in [9.17, 15) is 13.2 Å². The first-order chi connectivity index (χ1) is 7.93. The Morgan fingerprint density at radius 2 is 1.94 bits per heavy atom. The molecule has 0 unspecified atom stereocenters. The van der Waals surface area contributed by atoms with Crippen molar-refractivity contribution in [3.8, 4) is 0 Å². The summed E-state index contributed by atoms with van der Waals surface area (Å²) in [6.45, 7) is 2.03. The number of esters is 1. The first-order valence-corrected chi connectivity index (χ1v) is 7.14. The molecule has 0 spiro atoms. The Kier molecular flexibility index (Phi) is 4.72. The zero-order valence-electron chi connectivity index (χ0n) is 9.09. The highest BCUT2D eigenvalue weighted by molar-refractivity contribution is 8.13. The summed E-state index contributed by atoms with van der Waals surface area (Å²) in [5.41, 5.74) is 0.683. The minimum atomic E-state index is -3.70. The van der Waals surface area contributed by atoms with Crippen LogP contribution in [0, 0.1) is 0 Å². The summed E-state index contributed by atoms with van der Waals surface area (Å²) < 4.78 is 26.6. The van der Waals surface area contributed by atoms with Gasteiger partial charge in [-0.25, -0.2) is 13.2 Å². The van der Waals surface area contributed by atoms with Gasteiger partial charge in [-0.2, -0.15) is 0 Å². The Labute approximate surface area is 104 Å². The van der Waals surface area contributed by atoms with Crippen molar-refractivity contribution in [1.82, 2.24) is 0 Å². The van der Waals surface area contributed by atoms with Gasteiger partial charge in [0.15, 0.2) is 0 Å². The molecule has 1 aromatic carbocycles. The van der Waals surface area contributed by atoms with Crippen LogP contribution in [0.3, 0.4) is 0 Å². The molecule has 0 amide bonds. The molecular weight excluding hydrogens is 264 g/mol. The van der Waals surface area contributed by atoms with E-state index in [1.807, 2.05) is 0 Å². The van der Waals surface area contributed by atoms with Crippen LogP contribution in [0.1, 0.15) is 12.5 Å². The van der Waals surface area contributed by atoms with Crippen LogP contribution < -0.4 is 0 Å². The van der Waals surface area contributed by atoms with Crippen molar-refractivity contribution >= 4 is 31.8 Å². The van der Waals surface area contributed by atoms with Crippen LogP contribution in [-0.2, 0) is 18.6 Å². The molecule has 1 aromatic rings. The summed E-state index contributed by atoms with van der Waals surface area (Å²) >= 11 is 0. The molecular formula is C11H11ClO4S. The summed E-state index contributed by atoms with van der Waals surface area (Å²) in [6.07, 6.45) is 2.80. The zero-order chi connectivity index (χ0) is 12.9. The molecule has 0 saturated carbocycles. The highest BCUT2D eigenvalue weighted by Gasteiger charge is 2.08. The van der Waals surface area contributed by atoms with E-state index < -0.39 is 15.0 Å². The van der Waals surface area contributed by atoms with Crippen molar-refractivity contribution in [3.05, 3.63) is 35.9 Å². The lowest BCUT2D eigenvalue weighted by atomic mass is 10.2. The molecule has 0 N–H and O–H groups in total. The number of carbonyl (C=O) groups is 1. The van der Waals surface area contributed by atoms with Gasteiger partial charge in [-0.1, -0.05) is 12.1 Å². The smallest absolute Gasteiger partial charge is 0.330 e. The minimum absolute atomic E-state index is 0.0208. The molecule has 0 fully saturated rings. The van der Waals surface area contributed by atoms with Crippen LogP contribution in [0.4, 0.5) is 0 Å². The van der Waals surface area contributed by atoms with Gasteiger partial charge in [0.2, 0.25) is 0 Å². The van der Waals surface area contributed by atoms with Gasteiger partial charge in [-0.3, -0.25) is 0 Å². The second-order valence-corrected chi connectivity index (χ2v) is 5.66. The van der Waals surface area contributed by atoms with Gasteiger partial charge in [0.1, 0.15) is 0 Å². The maximum atomic E-state index is 11.0. The van der Waals surface area contributed by atoms with Gasteiger partial charge >= 0.3 is 5.97 Å².